The van der Waals surface area contributed by atoms with Gasteiger partial charge in [0.05, 0.1) is 5.69 Å². The van der Waals surface area contributed by atoms with Crippen molar-refractivity contribution in [1.29, 1.82) is 0 Å². The second-order valence-electron chi connectivity index (χ2n) is 7.38. The Labute approximate surface area is 186 Å². The van der Waals surface area contributed by atoms with Gasteiger partial charge >= 0.3 is 0 Å². The molecule has 0 bridgehead atoms. The zero-order chi connectivity index (χ0) is 23.1. The number of halogens is 1. The molecule has 0 unspecified atom stereocenters. The maximum atomic E-state index is 14.6. The Hall–Kier alpha value is -3.87. The summed E-state index contributed by atoms with van der Waals surface area (Å²) in [7, 11) is 1.47. The number of ether oxygens (including phenoxy) is 2. The average molecular weight is 436 g/mol. The molecule has 3 aromatic rings. The molecule has 3 rings (SSSR count). The number of amides is 2. The minimum Gasteiger partial charge on any atom is -0.484 e. The van der Waals surface area contributed by atoms with Gasteiger partial charge in [0, 0.05) is 12.7 Å². The fourth-order valence-corrected chi connectivity index (χ4v) is 2.99. The third kappa shape index (κ3) is 6.31. The summed E-state index contributed by atoms with van der Waals surface area (Å²) in [4.78, 5) is 25.7. The Morgan fingerprint density at radius 2 is 1.47 bits per heavy atom. The summed E-state index contributed by atoms with van der Waals surface area (Å²) in [5.74, 6) is -0.329. The Morgan fingerprint density at radius 3 is 2.03 bits per heavy atom. The molecule has 2 amide bonds. The first-order chi connectivity index (χ1) is 15.3. The summed E-state index contributed by atoms with van der Waals surface area (Å²) in [5, 5.41) is 2.58. The molecular weight excluding hydrogens is 411 g/mol. The number of carbonyl (C=O) groups is 2. The number of hydrogen-bond donors (Lipinski definition) is 1. The van der Waals surface area contributed by atoms with Gasteiger partial charge in [0.25, 0.3) is 11.8 Å². The SMILES string of the molecule is Cc1cccc(OCC(=O)Nc2ccc(N(C)C(=O)COc3cccc(C)c3)c(F)c2)c1. The van der Waals surface area contributed by atoms with Crippen LogP contribution in [0, 0.1) is 19.7 Å². The molecule has 0 fully saturated rings. The molecule has 0 spiro atoms. The molecule has 0 aliphatic carbocycles. The summed E-state index contributed by atoms with van der Waals surface area (Å²) in [6.45, 7) is 3.41. The molecule has 0 heterocycles. The van der Waals surface area contributed by atoms with E-state index in [1.807, 2.05) is 50.2 Å². The Bertz CT molecular complexity index is 1120. The molecule has 0 saturated carbocycles. The van der Waals surface area contributed by atoms with Gasteiger partial charge in [-0.05, 0) is 67.4 Å². The second-order valence-corrected chi connectivity index (χ2v) is 7.38. The van der Waals surface area contributed by atoms with E-state index in [0.717, 1.165) is 17.2 Å². The third-order valence-electron chi connectivity index (χ3n) is 4.68. The van der Waals surface area contributed by atoms with Crippen molar-refractivity contribution < 1.29 is 23.5 Å². The van der Waals surface area contributed by atoms with E-state index in [4.69, 9.17) is 9.47 Å². The lowest BCUT2D eigenvalue weighted by Gasteiger charge is -2.19. The number of anilines is 2. The standard InChI is InChI=1S/C25H25FN2O4/c1-17-6-4-8-20(12-17)31-15-24(29)27-19-10-11-23(22(26)14-19)28(3)25(30)16-32-21-9-5-7-18(2)13-21/h4-14H,15-16H2,1-3H3,(H,27,29). The van der Waals surface area contributed by atoms with Gasteiger partial charge in [-0.15, -0.1) is 0 Å². The summed E-state index contributed by atoms with van der Waals surface area (Å²) in [6, 6.07) is 18.8. The first-order valence-electron chi connectivity index (χ1n) is 10.1. The van der Waals surface area contributed by atoms with Crippen LogP contribution in [0.4, 0.5) is 15.8 Å². The van der Waals surface area contributed by atoms with Gasteiger partial charge in [-0.2, -0.15) is 0 Å². The molecule has 0 atom stereocenters. The molecule has 166 valence electrons. The smallest absolute Gasteiger partial charge is 0.264 e. The van der Waals surface area contributed by atoms with Crippen LogP contribution in [0.5, 0.6) is 11.5 Å². The van der Waals surface area contributed by atoms with Crippen LogP contribution in [0.25, 0.3) is 0 Å². The molecule has 1 N–H and O–H groups in total. The van der Waals surface area contributed by atoms with Crippen molar-refractivity contribution in [3.05, 3.63) is 83.7 Å². The predicted molar refractivity (Wildman–Crippen MR) is 122 cm³/mol. The summed E-state index contributed by atoms with van der Waals surface area (Å²) < 4.78 is 25.5. The lowest BCUT2D eigenvalue weighted by Crippen LogP contribution is -2.32. The van der Waals surface area contributed by atoms with Crippen LogP contribution in [0.3, 0.4) is 0 Å². The molecule has 0 saturated heterocycles. The van der Waals surface area contributed by atoms with Gasteiger partial charge in [-0.1, -0.05) is 24.3 Å². The number of aryl methyl sites for hydroxylation is 2. The van der Waals surface area contributed by atoms with E-state index >= 15 is 0 Å². The van der Waals surface area contributed by atoms with Crippen molar-refractivity contribution in [2.75, 3.05) is 30.5 Å². The second kappa shape index (κ2) is 10.4. The van der Waals surface area contributed by atoms with Crippen molar-refractivity contribution in [2.45, 2.75) is 13.8 Å². The number of likely N-dealkylation sites (N-methyl/N-ethyl adjacent to an activating group) is 1. The fraction of sp³-hybridized carbons (Fsp3) is 0.200. The van der Waals surface area contributed by atoms with Gasteiger partial charge in [0.2, 0.25) is 0 Å². The molecule has 0 aliphatic rings. The van der Waals surface area contributed by atoms with Gasteiger partial charge in [0.15, 0.2) is 13.2 Å². The lowest BCUT2D eigenvalue weighted by atomic mass is 10.2. The van der Waals surface area contributed by atoms with Crippen molar-refractivity contribution in [2.24, 2.45) is 0 Å². The fourth-order valence-electron chi connectivity index (χ4n) is 2.99. The quantitative estimate of drug-likeness (QED) is 0.565. The first kappa shape index (κ1) is 22.8. The zero-order valence-corrected chi connectivity index (χ0v) is 18.2. The monoisotopic (exact) mass is 436 g/mol. The van der Waals surface area contributed by atoms with Gasteiger partial charge in [-0.3, -0.25) is 9.59 Å². The number of carbonyl (C=O) groups excluding carboxylic acids is 2. The highest BCUT2D eigenvalue weighted by Crippen LogP contribution is 2.23. The van der Waals surface area contributed by atoms with E-state index in [0.29, 0.717) is 11.5 Å². The maximum Gasteiger partial charge on any atom is 0.264 e. The van der Waals surface area contributed by atoms with Crippen LogP contribution in [0.2, 0.25) is 0 Å². The number of hydrogen-bond acceptors (Lipinski definition) is 4. The highest BCUT2D eigenvalue weighted by molar-refractivity contribution is 5.95. The summed E-state index contributed by atoms with van der Waals surface area (Å²) >= 11 is 0. The van der Waals surface area contributed by atoms with E-state index < -0.39 is 17.6 Å². The number of nitrogens with zero attached hydrogens (tertiary/aromatic N) is 1. The molecule has 0 aliphatic heterocycles. The Kier molecular flexibility index (Phi) is 7.44. The van der Waals surface area contributed by atoms with E-state index in [-0.39, 0.29) is 24.6 Å². The molecule has 7 heteroatoms. The van der Waals surface area contributed by atoms with Crippen LogP contribution in [0.1, 0.15) is 11.1 Å². The third-order valence-corrected chi connectivity index (χ3v) is 4.68. The molecule has 0 radical (unpaired) electrons. The minimum absolute atomic E-state index is 0.0804. The molecule has 32 heavy (non-hydrogen) atoms. The van der Waals surface area contributed by atoms with Crippen LogP contribution >= 0.6 is 0 Å². The van der Waals surface area contributed by atoms with Crippen LogP contribution in [0.15, 0.2) is 66.7 Å². The number of nitrogens with one attached hydrogen (secondary N) is 1. The number of benzene rings is 3. The van der Waals surface area contributed by atoms with Crippen molar-refractivity contribution in [1.82, 2.24) is 0 Å². The molecule has 0 aromatic heterocycles. The summed E-state index contributed by atoms with van der Waals surface area (Å²) in [6.07, 6.45) is 0. The van der Waals surface area contributed by atoms with E-state index in [1.165, 1.54) is 24.1 Å². The average Bonchev–Trinajstić information content (AvgIpc) is 2.76. The predicted octanol–water partition coefficient (Wildman–Crippen LogP) is 4.50. The highest BCUT2D eigenvalue weighted by Gasteiger charge is 2.16. The van der Waals surface area contributed by atoms with E-state index in [9.17, 15) is 14.0 Å². The molecular formula is C25H25FN2O4. The first-order valence-corrected chi connectivity index (χ1v) is 10.1. The summed E-state index contributed by atoms with van der Waals surface area (Å²) in [5.41, 5.74) is 2.37. The lowest BCUT2D eigenvalue weighted by molar-refractivity contribution is -0.120. The van der Waals surface area contributed by atoms with Crippen LogP contribution < -0.4 is 19.7 Å². The van der Waals surface area contributed by atoms with Crippen LogP contribution in [-0.2, 0) is 9.59 Å². The Balaban J connectivity index is 1.55. The van der Waals surface area contributed by atoms with Gasteiger partial charge in [0.1, 0.15) is 17.3 Å². The minimum atomic E-state index is -0.645. The van der Waals surface area contributed by atoms with E-state index in [2.05, 4.69) is 5.32 Å². The van der Waals surface area contributed by atoms with E-state index in [1.54, 1.807) is 12.1 Å². The molecule has 6 nitrogen and oxygen atoms in total. The maximum absolute atomic E-state index is 14.6. The van der Waals surface area contributed by atoms with Gasteiger partial charge < -0.3 is 19.7 Å². The van der Waals surface area contributed by atoms with Gasteiger partial charge in [-0.25, -0.2) is 4.39 Å². The van der Waals surface area contributed by atoms with Crippen molar-refractivity contribution >= 4 is 23.2 Å². The highest BCUT2D eigenvalue weighted by atomic mass is 19.1. The molecule has 3 aromatic carbocycles. The normalized spacial score (nSPS) is 10.4. The van der Waals surface area contributed by atoms with Crippen molar-refractivity contribution in [3.8, 4) is 11.5 Å². The van der Waals surface area contributed by atoms with Crippen LogP contribution in [-0.4, -0.2) is 32.1 Å². The number of rotatable bonds is 8. The van der Waals surface area contributed by atoms with Crippen molar-refractivity contribution in [3.63, 3.8) is 0 Å². The Morgan fingerprint density at radius 1 is 0.875 bits per heavy atom. The largest absolute Gasteiger partial charge is 0.484 e. The topological polar surface area (TPSA) is 67.9 Å². The zero-order valence-electron chi connectivity index (χ0n) is 18.2.